The first-order chi connectivity index (χ1) is 16.1. The second kappa shape index (κ2) is 25.5. The molecule has 0 aromatic rings. The molecule has 0 bridgehead atoms. The predicted octanol–water partition coefficient (Wildman–Crippen LogP) is 6.44. The summed E-state index contributed by atoms with van der Waals surface area (Å²) in [4.78, 5) is 45.2. The molecule has 0 fully saturated rings. The molecule has 0 aliphatic rings. The number of nitrogens with one attached hydrogen (secondary N) is 1. The monoisotopic (exact) mass is 489 g/mol. The van der Waals surface area contributed by atoms with Crippen LogP contribution < -0.4 is 5.32 Å². The van der Waals surface area contributed by atoms with Gasteiger partial charge >= 0.3 is 18.0 Å². The van der Waals surface area contributed by atoms with Crippen LogP contribution in [0.3, 0.4) is 0 Å². The third-order valence-electron chi connectivity index (χ3n) is 4.23. The van der Waals surface area contributed by atoms with Gasteiger partial charge < -0.3 is 19.9 Å². The molecular formula is C26H51NO7. The molecule has 0 aliphatic carbocycles. The van der Waals surface area contributed by atoms with E-state index in [1.807, 2.05) is 27.7 Å². The van der Waals surface area contributed by atoms with E-state index in [2.05, 4.69) is 5.32 Å². The number of carbonyl (C=O) groups is 4. The van der Waals surface area contributed by atoms with E-state index in [-0.39, 0.29) is 31.6 Å². The zero-order valence-electron chi connectivity index (χ0n) is 22.8. The minimum Gasteiger partial charge on any atom is -0.481 e. The number of ether oxygens (including phenoxy) is 2. The molecule has 0 rings (SSSR count). The number of carbonyl (C=O) groups excluding carboxylic acids is 3. The molecule has 34 heavy (non-hydrogen) atoms. The summed E-state index contributed by atoms with van der Waals surface area (Å²) in [5.41, 5.74) is -0.625. The Hall–Kier alpha value is -2.12. The van der Waals surface area contributed by atoms with Crippen LogP contribution in [0.15, 0.2) is 0 Å². The highest BCUT2D eigenvalue weighted by Gasteiger charge is 2.17. The molecule has 8 nitrogen and oxygen atoms in total. The Morgan fingerprint density at radius 1 is 0.706 bits per heavy atom. The summed E-state index contributed by atoms with van der Waals surface area (Å²) < 4.78 is 10.2. The van der Waals surface area contributed by atoms with Gasteiger partial charge in [-0.2, -0.15) is 0 Å². The molecule has 0 radical (unpaired) electrons. The fraction of sp³-hybridized carbons (Fsp3) is 0.846. The standard InChI is InChI=1S/C22H39NO7.2C2H6/c1-22(2,3)30-21(28)23-17-18(24)14-15-20(27)29-16-12-10-8-6-4-5-7-9-11-13-19(25)26;2*1-2/h4-17H2,1-3H3,(H,23,28)(H,25,26);2*1-2H3. The van der Waals surface area contributed by atoms with Crippen LogP contribution in [0.25, 0.3) is 0 Å². The highest BCUT2D eigenvalue weighted by molar-refractivity contribution is 5.86. The maximum atomic E-state index is 11.7. The van der Waals surface area contributed by atoms with Crippen molar-refractivity contribution in [1.29, 1.82) is 0 Å². The van der Waals surface area contributed by atoms with Crippen molar-refractivity contribution in [1.82, 2.24) is 5.32 Å². The zero-order chi connectivity index (χ0) is 26.8. The van der Waals surface area contributed by atoms with E-state index in [4.69, 9.17) is 14.6 Å². The maximum absolute atomic E-state index is 11.7. The van der Waals surface area contributed by atoms with E-state index >= 15 is 0 Å². The number of amides is 1. The fourth-order valence-corrected chi connectivity index (χ4v) is 2.69. The Labute approximate surface area is 207 Å². The van der Waals surface area contributed by atoms with Gasteiger partial charge in [0.05, 0.1) is 19.6 Å². The van der Waals surface area contributed by atoms with Crippen LogP contribution in [0.1, 0.15) is 126 Å². The van der Waals surface area contributed by atoms with Crippen LogP contribution in [0.5, 0.6) is 0 Å². The van der Waals surface area contributed by atoms with Crippen molar-refractivity contribution >= 4 is 23.8 Å². The molecule has 0 unspecified atom stereocenters. The average molecular weight is 490 g/mol. The van der Waals surface area contributed by atoms with Gasteiger partial charge in [0.15, 0.2) is 5.78 Å². The van der Waals surface area contributed by atoms with Crippen molar-refractivity contribution < 1.29 is 33.8 Å². The van der Waals surface area contributed by atoms with E-state index in [0.717, 1.165) is 57.8 Å². The summed E-state index contributed by atoms with van der Waals surface area (Å²) in [6, 6.07) is 0. The van der Waals surface area contributed by atoms with Crippen LogP contribution >= 0.6 is 0 Å². The molecule has 0 saturated heterocycles. The number of hydrogen-bond donors (Lipinski definition) is 2. The normalized spacial score (nSPS) is 10.1. The van der Waals surface area contributed by atoms with E-state index < -0.39 is 23.6 Å². The first-order valence-electron chi connectivity index (χ1n) is 13.0. The summed E-state index contributed by atoms with van der Waals surface area (Å²) in [6.45, 7) is 13.4. The van der Waals surface area contributed by atoms with Gasteiger partial charge in [0.2, 0.25) is 0 Å². The number of carboxylic acid groups (broad SMARTS) is 1. The summed E-state index contributed by atoms with van der Waals surface area (Å²) in [5, 5.41) is 10.9. The number of alkyl carbamates (subject to hydrolysis) is 1. The van der Waals surface area contributed by atoms with E-state index in [1.165, 1.54) is 0 Å². The smallest absolute Gasteiger partial charge is 0.408 e. The van der Waals surface area contributed by atoms with Gasteiger partial charge in [0.1, 0.15) is 5.60 Å². The van der Waals surface area contributed by atoms with Crippen LogP contribution in [-0.4, -0.2) is 47.7 Å². The van der Waals surface area contributed by atoms with E-state index in [1.54, 1.807) is 20.8 Å². The number of unbranched alkanes of at least 4 members (excludes halogenated alkanes) is 8. The summed E-state index contributed by atoms with van der Waals surface area (Å²) in [6.07, 6.45) is 8.74. The van der Waals surface area contributed by atoms with Gasteiger partial charge in [0, 0.05) is 12.8 Å². The third-order valence-corrected chi connectivity index (χ3v) is 4.23. The Bertz CT molecular complexity index is 528. The number of esters is 1. The Morgan fingerprint density at radius 3 is 1.65 bits per heavy atom. The molecule has 0 saturated carbocycles. The molecule has 2 N–H and O–H groups in total. The predicted molar refractivity (Wildman–Crippen MR) is 136 cm³/mol. The fourth-order valence-electron chi connectivity index (χ4n) is 2.69. The second-order valence-corrected chi connectivity index (χ2v) is 8.44. The van der Waals surface area contributed by atoms with Gasteiger partial charge in [-0.25, -0.2) is 4.79 Å². The number of carboxylic acids is 1. The van der Waals surface area contributed by atoms with E-state index in [0.29, 0.717) is 6.61 Å². The lowest BCUT2D eigenvalue weighted by atomic mass is 10.1. The first kappa shape index (κ1) is 36.4. The Balaban J connectivity index is -0.00000227. The van der Waals surface area contributed by atoms with Crippen molar-refractivity contribution in [2.75, 3.05) is 13.2 Å². The molecule has 0 aliphatic heterocycles. The number of Topliss-reactive ketones (excluding diaryl/α,β-unsaturated/α-hetero) is 1. The highest BCUT2D eigenvalue weighted by Crippen LogP contribution is 2.11. The lowest BCUT2D eigenvalue weighted by Gasteiger charge is -2.19. The van der Waals surface area contributed by atoms with Crippen molar-refractivity contribution in [2.45, 2.75) is 131 Å². The van der Waals surface area contributed by atoms with Gasteiger partial charge in [-0.15, -0.1) is 0 Å². The Morgan fingerprint density at radius 2 is 1.18 bits per heavy atom. The topological polar surface area (TPSA) is 119 Å². The summed E-state index contributed by atoms with van der Waals surface area (Å²) in [7, 11) is 0. The zero-order valence-corrected chi connectivity index (χ0v) is 22.8. The molecule has 8 heteroatoms. The second-order valence-electron chi connectivity index (χ2n) is 8.44. The number of rotatable bonds is 17. The average Bonchev–Trinajstić information content (AvgIpc) is 2.78. The number of hydrogen-bond acceptors (Lipinski definition) is 6. The molecule has 0 atom stereocenters. The molecule has 1 amide bonds. The van der Waals surface area contributed by atoms with Crippen molar-refractivity contribution in [3.05, 3.63) is 0 Å². The minimum atomic E-state index is -0.725. The molecule has 0 aromatic carbocycles. The van der Waals surface area contributed by atoms with Gasteiger partial charge in [-0.3, -0.25) is 14.4 Å². The molecule has 0 heterocycles. The highest BCUT2D eigenvalue weighted by atomic mass is 16.6. The SMILES string of the molecule is CC.CC.CC(C)(C)OC(=O)NCC(=O)CCC(=O)OCCCCCCCCCCCC(=O)O. The van der Waals surface area contributed by atoms with Crippen molar-refractivity contribution in [2.24, 2.45) is 0 Å². The van der Waals surface area contributed by atoms with Crippen LogP contribution in [0.2, 0.25) is 0 Å². The van der Waals surface area contributed by atoms with Crippen molar-refractivity contribution in [3.8, 4) is 0 Å². The van der Waals surface area contributed by atoms with Gasteiger partial charge in [-0.1, -0.05) is 72.6 Å². The third kappa shape index (κ3) is 32.1. The summed E-state index contributed by atoms with van der Waals surface area (Å²) in [5.74, 6) is -1.37. The lowest BCUT2D eigenvalue weighted by molar-refractivity contribution is -0.145. The quantitative estimate of drug-likeness (QED) is 0.178. The number of aliphatic carboxylic acids is 1. The summed E-state index contributed by atoms with van der Waals surface area (Å²) >= 11 is 0. The molecule has 202 valence electrons. The van der Waals surface area contributed by atoms with Crippen molar-refractivity contribution in [3.63, 3.8) is 0 Å². The Kier molecular flexibility index (Phi) is 27.3. The molecule has 0 aromatic heterocycles. The van der Waals surface area contributed by atoms with Crippen LogP contribution in [0, 0.1) is 0 Å². The molecular weight excluding hydrogens is 438 g/mol. The van der Waals surface area contributed by atoms with Gasteiger partial charge in [-0.05, 0) is 33.6 Å². The first-order valence-corrected chi connectivity index (χ1v) is 13.0. The van der Waals surface area contributed by atoms with Crippen LogP contribution in [0.4, 0.5) is 4.79 Å². The minimum absolute atomic E-state index is 0.0106. The van der Waals surface area contributed by atoms with Gasteiger partial charge in [0.25, 0.3) is 0 Å². The number of ketones is 1. The van der Waals surface area contributed by atoms with Crippen LogP contribution in [-0.2, 0) is 23.9 Å². The lowest BCUT2D eigenvalue weighted by Crippen LogP contribution is -2.35. The maximum Gasteiger partial charge on any atom is 0.408 e. The van der Waals surface area contributed by atoms with E-state index in [9.17, 15) is 19.2 Å². The molecule has 0 spiro atoms. The largest absolute Gasteiger partial charge is 0.481 e.